The van der Waals surface area contributed by atoms with Crippen LogP contribution in [0.4, 0.5) is 0 Å². The van der Waals surface area contributed by atoms with Crippen molar-refractivity contribution in [2.75, 3.05) is 67.1 Å². The van der Waals surface area contributed by atoms with Crippen molar-refractivity contribution in [1.29, 1.82) is 0 Å². The van der Waals surface area contributed by atoms with Gasteiger partial charge in [-0.15, -0.1) is 6.58 Å². The molecule has 0 aliphatic heterocycles. The Morgan fingerprint density at radius 3 is 1.52 bits per heavy atom. The number of rotatable bonds is 39. The van der Waals surface area contributed by atoms with E-state index in [4.69, 9.17) is 53.6 Å². The number of benzene rings is 2. The van der Waals surface area contributed by atoms with Crippen LogP contribution in [0.25, 0.3) is 20.9 Å². The first-order valence-corrected chi connectivity index (χ1v) is 23.9. The smallest absolute Gasteiger partial charge is 0.167 e. The normalized spacial score (nSPS) is 13.3. The van der Waals surface area contributed by atoms with Crippen LogP contribution in [0, 0.1) is 0 Å². The second-order valence-corrected chi connectivity index (χ2v) is 16.3. The van der Waals surface area contributed by atoms with E-state index < -0.39 is 20.5 Å². The molecule has 0 radical (unpaired) electrons. The van der Waals surface area contributed by atoms with Gasteiger partial charge in [0.2, 0.25) is 0 Å². The lowest BCUT2D eigenvalue weighted by atomic mass is 10.1. The number of azide groups is 2. The minimum atomic E-state index is -1.04. The molecule has 15 nitrogen and oxygen atoms in total. The molecule has 62 heavy (non-hydrogen) atoms. The highest BCUT2D eigenvalue weighted by Gasteiger charge is 2.15. The summed E-state index contributed by atoms with van der Waals surface area (Å²) in [6.45, 7) is 13.1. The van der Waals surface area contributed by atoms with E-state index in [0.717, 1.165) is 61.2 Å². The molecule has 0 heterocycles. The summed E-state index contributed by atoms with van der Waals surface area (Å²) >= 11 is 0. The molecule has 2 rings (SSSR count). The zero-order valence-corrected chi connectivity index (χ0v) is 39.2. The first-order chi connectivity index (χ1) is 30.3. The molecule has 350 valence electrons. The number of aliphatic hydroxyl groups is 1. The molecule has 2 aromatic carbocycles. The molecule has 0 aliphatic rings. The molecular formula is C46H77N6O9P. The van der Waals surface area contributed by atoms with E-state index in [1.165, 1.54) is 51.4 Å². The third-order valence-electron chi connectivity index (χ3n) is 9.80. The topological polar surface area (TPSA) is 192 Å². The van der Waals surface area contributed by atoms with Crippen molar-refractivity contribution in [3.63, 3.8) is 0 Å². The number of hydrogen-bond donors (Lipinski definition) is 1. The van der Waals surface area contributed by atoms with Gasteiger partial charge in [0.1, 0.15) is 11.5 Å². The summed E-state index contributed by atoms with van der Waals surface area (Å²) in [5, 5.41) is 16.4. The van der Waals surface area contributed by atoms with Gasteiger partial charge in [-0.3, -0.25) is 0 Å². The minimum Gasteiger partial charge on any atom is -0.497 e. The maximum atomic E-state index is 9.12. The summed E-state index contributed by atoms with van der Waals surface area (Å²) in [7, 11) is 2.28. The fraction of sp³-hybridized carbons (Fsp3) is 0.696. The highest BCUT2D eigenvalue weighted by Crippen LogP contribution is 2.33. The van der Waals surface area contributed by atoms with Gasteiger partial charge in [0, 0.05) is 29.7 Å². The largest absolute Gasteiger partial charge is 0.497 e. The van der Waals surface area contributed by atoms with E-state index in [2.05, 4.69) is 40.5 Å². The van der Waals surface area contributed by atoms with Gasteiger partial charge in [-0.1, -0.05) is 119 Å². The zero-order chi connectivity index (χ0) is 45.3. The third kappa shape index (κ3) is 30.6. The van der Waals surface area contributed by atoms with E-state index in [1.807, 2.05) is 55.2 Å². The maximum Gasteiger partial charge on any atom is 0.167 e. The molecule has 0 spiro atoms. The van der Waals surface area contributed by atoms with Crippen molar-refractivity contribution in [3.05, 3.63) is 93.2 Å². The summed E-state index contributed by atoms with van der Waals surface area (Å²) in [5.41, 5.74) is 19.5. The quantitative estimate of drug-likeness (QED) is 0.0170. The summed E-state index contributed by atoms with van der Waals surface area (Å²) < 4.78 is 45.3. The number of nitrogens with zero attached hydrogens (tertiary/aromatic N) is 6. The van der Waals surface area contributed by atoms with E-state index in [9.17, 15) is 0 Å². The van der Waals surface area contributed by atoms with E-state index >= 15 is 0 Å². The summed E-state index contributed by atoms with van der Waals surface area (Å²) in [4.78, 5) is 5.62. The zero-order valence-electron chi connectivity index (χ0n) is 38.3. The van der Waals surface area contributed by atoms with Crippen molar-refractivity contribution < 1.29 is 42.6 Å². The second kappa shape index (κ2) is 40.3. The van der Waals surface area contributed by atoms with Gasteiger partial charge in [-0.05, 0) is 72.1 Å². The Kier molecular flexibility index (Phi) is 36.8. The Morgan fingerprint density at radius 1 is 0.645 bits per heavy atom. The fourth-order valence-electron chi connectivity index (χ4n) is 6.08. The van der Waals surface area contributed by atoms with Crippen LogP contribution < -0.4 is 9.47 Å². The van der Waals surface area contributed by atoms with Crippen LogP contribution in [0.15, 0.2) is 71.4 Å². The van der Waals surface area contributed by atoms with Crippen molar-refractivity contribution in [3.8, 4) is 11.5 Å². The lowest BCUT2D eigenvalue weighted by Gasteiger charge is -2.20. The van der Waals surface area contributed by atoms with Gasteiger partial charge in [0.25, 0.3) is 0 Å². The number of methoxy groups -OCH3 is 2. The van der Waals surface area contributed by atoms with Crippen LogP contribution in [-0.4, -0.2) is 96.5 Å². The molecule has 0 amide bonds. The molecule has 0 saturated heterocycles. The molecule has 0 aromatic heterocycles. The minimum absolute atomic E-state index is 0.119. The average molecular weight is 889 g/mol. The highest BCUT2D eigenvalue weighted by atomic mass is 31.2. The molecule has 0 aliphatic carbocycles. The Labute approximate surface area is 373 Å². The Bertz CT molecular complexity index is 1450. The average Bonchev–Trinajstić information content (AvgIpc) is 3.30. The van der Waals surface area contributed by atoms with Gasteiger partial charge >= 0.3 is 0 Å². The van der Waals surface area contributed by atoms with Crippen molar-refractivity contribution in [1.82, 2.24) is 0 Å². The van der Waals surface area contributed by atoms with Crippen molar-refractivity contribution in [2.45, 2.75) is 141 Å². The standard InChI is InChI=1S/C25H42N3O5P.C21H35N3O4/c1-5-7-8-9-10-11-25(31-19-22-12-14-24(29-3)15-13-22)16-18-30-20-23(27-28-26)21-33-34(4)32-17-6-2;1-3-4-5-6-7-8-21(13-14-27-17-19(15-25)23-24-22)28-16-18-9-11-20(26-2)12-10-18/h6,12-15,23,25H,2,5,7-11,16-21H2,1,3-4H3;9-12,19,21,25H,3-8,13-17H2,1-2H3/t23?,25-,34?;19?,21-/m11/s1. The second-order valence-electron chi connectivity index (χ2n) is 14.9. The molecule has 1 N–H and O–H groups in total. The molecule has 3 unspecified atom stereocenters. The Hall–Kier alpha value is -3.45. The SMILES string of the molecule is C=CCOP(C)OCC(COCC[C@@H](CCCCCCC)OCc1ccc(OC)cc1)N=[N+]=[N-].CCCCCCC[C@H](CCOCC(CO)N=[N+]=[N-])OCc1ccc(OC)cc1. The highest BCUT2D eigenvalue weighted by molar-refractivity contribution is 7.46. The maximum absolute atomic E-state index is 9.12. The van der Waals surface area contributed by atoms with Gasteiger partial charge in [0.15, 0.2) is 8.38 Å². The van der Waals surface area contributed by atoms with Crippen LogP contribution in [0.3, 0.4) is 0 Å². The molecule has 0 saturated carbocycles. The van der Waals surface area contributed by atoms with E-state index in [1.54, 1.807) is 20.3 Å². The first-order valence-electron chi connectivity index (χ1n) is 22.3. The number of aliphatic hydroxyl groups excluding tert-OH is 1. The molecule has 0 fully saturated rings. The van der Waals surface area contributed by atoms with Crippen LogP contribution in [0.5, 0.6) is 11.5 Å². The molecule has 5 atom stereocenters. The van der Waals surface area contributed by atoms with Crippen molar-refractivity contribution >= 4 is 8.38 Å². The van der Waals surface area contributed by atoms with E-state index in [-0.39, 0.29) is 32.0 Å². The number of ether oxygens (including phenoxy) is 6. The molecule has 16 heteroatoms. The first kappa shape index (κ1) is 56.6. The number of unbranched alkanes of at least 4 members (excludes halogenated alkanes) is 8. The van der Waals surface area contributed by atoms with Crippen LogP contribution in [0.2, 0.25) is 0 Å². The summed E-state index contributed by atoms with van der Waals surface area (Å²) in [6.07, 6.45) is 17.8. The van der Waals surface area contributed by atoms with Gasteiger partial charge < -0.3 is 42.6 Å². The Morgan fingerprint density at radius 2 is 1.10 bits per heavy atom. The van der Waals surface area contributed by atoms with E-state index in [0.29, 0.717) is 39.6 Å². The molecule has 2 aromatic rings. The molecule has 0 bridgehead atoms. The fourth-order valence-corrected chi connectivity index (χ4v) is 6.85. The van der Waals surface area contributed by atoms with Crippen LogP contribution >= 0.6 is 8.38 Å². The van der Waals surface area contributed by atoms with Crippen molar-refractivity contribution in [2.24, 2.45) is 10.2 Å². The Balaban J connectivity index is 0.000000632. The van der Waals surface area contributed by atoms with Gasteiger partial charge in [0.05, 0.1) is 84.8 Å². The van der Waals surface area contributed by atoms with Crippen LogP contribution in [0.1, 0.15) is 115 Å². The lowest BCUT2D eigenvalue weighted by Crippen LogP contribution is -2.21. The van der Waals surface area contributed by atoms with Crippen LogP contribution in [-0.2, 0) is 41.2 Å². The number of hydrogen-bond acceptors (Lipinski definition) is 11. The predicted molar refractivity (Wildman–Crippen MR) is 249 cm³/mol. The van der Waals surface area contributed by atoms with Gasteiger partial charge in [-0.25, -0.2) is 0 Å². The van der Waals surface area contributed by atoms with Gasteiger partial charge in [-0.2, -0.15) is 0 Å². The predicted octanol–water partition coefficient (Wildman–Crippen LogP) is 12.2. The summed E-state index contributed by atoms with van der Waals surface area (Å²) in [6, 6.07) is 14.9. The lowest BCUT2D eigenvalue weighted by molar-refractivity contribution is 0.00251. The monoisotopic (exact) mass is 889 g/mol. The molecular weight excluding hydrogens is 812 g/mol. The third-order valence-corrected chi connectivity index (χ3v) is 10.8. The summed E-state index contributed by atoms with van der Waals surface area (Å²) in [5.74, 6) is 1.68.